The van der Waals surface area contributed by atoms with Crippen LogP contribution in [-0.2, 0) is 0 Å². The Morgan fingerprint density at radius 3 is 2.95 bits per heavy atom. The Hall–Kier alpha value is -2.24. The van der Waals surface area contributed by atoms with Gasteiger partial charge in [0.05, 0.1) is 6.26 Å². The van der Waals surface area contributed by atoms with Gasteiger partial charge in [0.2, 0.25) is 5.88 Å². The van der Waals surface area contributed by atoms with Crippen LogP contribution in [0.25, 0.3) is 11.5 Å². The van der Waals surface area contributed by atoms with Crippen molar-refractivity contribution in [1.82, 2.24) is 10.5 Å². The average molecular weight is 291 g/mol. The molecule has 0 aromatic carbocycles. The highest BCUT2D eigenvalue weighted by Crippen LogP contribution is 2.27. The molecule has 0 spiro atoms. The number of amides is 1. The van der Waals surface area contributed by atoms with Crippen molar-refractivity contribution < 1.29 is 13.7 Å². The van der Waals surface area contributed by atoms with Crippen molar-refractivity contribution in [3.63, 3.8) is 0 Å². The highest BCUT2D eigenvalue weighted by molar-refractivity contribution is 6.03. The molecule has 0 fully saturated rings. The minimum atomic E-state index is -0.288. The molecule has 21 heavy (non-hydrogen) atoms. The zero-order chi connectivity index (χ0) is 15.2. The van der Waals surface area contributed by atoms with Gasteiger partial charge in [0.1, 0.15) is 5.56 Å². The molecule has 2 aromatic heterocycles. The van der Waals surface area contributed by atoms with Crippen molar-refractivity contribution in [2.24, 2.45) is 0 Å². The number of nitrogens with zero attached hydrogens (tertiary/aromatic N) is 1. The van der Waals surface area contributed by atoms with Gasteiger partial charge in [0, 0.05) is 6.04 Å². The molecule has 0 aliphatic heterocycles. The first-order valence-electron chi connectivity index (χ1n) is 7.23. The topological polar surface area (TPSA) is 94.3 Å². The fourth-order valence-corrected chi connectivity index (χ4v) is 2.17. The predicted octanol–water partition coefficient (Wildman–Crippen LogP) is 3.22. The summed E-state index contributed by atoms with van der Waals surface area (Å²) < 4.78 is 10.2. The summed E-state index contributed by atoms with van der Waals surface area (Å²) in [6, 6.07) is 3.50. The number of anilines is 1. The van der Waals surface area contributed by atoms with E-state index in [1.54, 1.807) is 12.1 Å². The number of nitrogen functional groups attached to an aromatic ring is 1. The second-order valence-corrected chi connectivity index (χ2v) is 5.12. The SMILES string of the molecule is CCCCCC(C)NC(=O)c1c(-c2ccco2)noc1N. The molecule has 2 rings (SSSR count). The molecule has 1 amide bonds. The average Bonchev–Trinajstić information content (AvgIpc) is 3.07. The van der Waals surface area contributed by atoms with E-state index < -0.39 is 0 Å². The zero-order valence-corrected chi connectivity index (χ0v) is 12.4. The second kappa shape index (κ2) is 6.97. The fraction of sp³-hybridized carbons (Fsp3) is 0.467. The molecule has 0 aliphatic rings. The first-order valence-corrected chi connectivity index (χ1v) is 7.23. The fourth-order valence-electron chi connectivity index (χ4n) is 2.17. The molecule has 2 heterocycles. The van der Waals surface area contributed by atoms with Crippen LogP contribution in [0.15, 0.2) is 27.3 Å². The maximum absolute atomic E-state index is 12.4. The number of hydrogen-bond donors (Lipinski definition) is 2. The Labute approximate surface area is 123 Å². The molecule has 1 unspecified atom stereocenters. The molecule has 114 valence electrons. The maximum atomic E-state index is 12.4. The molecule has 0 radical (unpaired) electrons. The van der Waals surface area contributed by atoms with E-state index in [-0.39, 0.29) is 23.4 Å². The van der Waals surface area contributed by atoms with Gasteiger partial charge in [-0.05, 0) is 25.5 Å². The van der Waals surface area contributed by atoms with E-state index in [2.05, 4.69) is 17.4 Å². The van der Waals surface area contributed by atoms with Crippen LogP contribution < -0.4 is 11.1 Å². The Kier molecular flexibility index (Phi) is 5.03. The molecule has 0 bridgehead atoms. The number of unbranched alkanes of at least 4 members (excludes halogenated alkanes) is 2. The van der Waals surface area contributed by atoms with E-state index in [9.17, 15) is 4.79 Å². The summed E-state index contributed by atoms with van der Waals surface area (Å²) in [4.78, 5) is 12.4. The van der Waals surface area contributed by atoms with Crippen LogP contribution >= 0.6 is 0 Å². The first-order chi connectivity index (χ1) is 10.1. The lowest BCUT2D eigenvalue weighted by atomic mass is 10.1. The van der Waals surface area contributed by atoms with Gasteiger partial charge in [-0.2, -0.15) is 0 Å². The van der Waals surface area contributed by atoms with Gasteiger partial charge in [-0.25, -0.2) is 0 Å². The zero-order valence-electron chi connectivity index (χ0n) is 12.4. The van der Waals surface area contributed by atoms with Crippen molar-refractivity contribution in [3.05, 3.63) is 24.0 Å². The standard InChI is InChI=1S/C15H21N3O3/c1-3-4-5-7-10(2)17-15(19)12-13(18-21-14(12)16)11-8-6-9-20-11/h6,8-10H,3-5,7,16H2,1-2H3,(H,17,19). The normalized spacial score (nSPS) is 12.3. The molecule has 2 aromatic rings. The number of furan rings is 1. The Morgan fingerprint density at radius 2 is 2.29 bits per heavy atom. The van der Waals surface area contributed by atoms with Crippen LogP contribution in [0.5, 0.6) is 0 Å². The third-order valence-electron chi connectivity index (χ3n) is 3.32. The van der Waals surface area contributed by atoms with Gasteiger partial charge in [-0.3, -0.25) is 4.79 Å². The van der Waals surface area contributed by atoms with E-state index in [0.29, 0.717) is 11.5 Å². The number of aromatic nitrogens is 1. The van der Waals surface area contributed by atoms with Gasteiger partial charge in [0.15, 0.2) is 11.5 Å². The maximum Gasteiger partial charge on any atom is 0.259 e. The number of nitrogens with two attached hydrogens (primary N) is 1. The number of rotatable bonds is 7. The van der Waals surface area contributed by atoms with Crippen LogP contribution in [0.1, 0.15) is 49.9 Å². The van der Waals surface area contributed by atoms with Crippen molar-refractivity contribution in [1.29, 1.82) is 0 Å². The number of carbonyl (C=O) groups excluding carboxylic acids is 1. The monoisotopic (exact) mass is 291 g/mol. The van der Waals surface area contributed by atoms with Gasteiger partial charge < -0.3 is 20.0 Å². The Morgan fingerprint density at radius 1 is 1.48 bits per heavy atom. The third kappa shape index (κ3) is 3.65. The van der Waals surface area contributed by atoms with Gasteiger partial charge in [0.25, 0.3) is 5.91 Å². The van der Waals surface area contributed by atoms with Crippen LogP contribution in [-0.4, -0.2) is 17.1 Å². The van der Waals surface area contributed by atoms with E-state index >= 15 is 0 Å². The van der Waals surface area contributed by atoms with Crippen LogP contribution in [0.2, 0.25) is 0 Å². The lowest BCUT2D eigenvalue weighted by Gasteiger charge is -2.13. The number of hydrogen-bond acceptors (Lipinski definition) is 5. The largest absolute Gasteiger partial charge is 0.463 e. The van der Waals surface area contributed by atoms with E-state index in [4.69, 9.17) is 14.7 Å². The van der Waals surface area contributed by atoms with Gasteiger partial charge in [-0.15, -0.1) is 0 Å². The minimum Gasteiger partial charge on any atom is -0.463 e. The van der Waals surface area contributed by atoms with Crippen LogP contribution in [0.3, 0.4) is 0 Å². The molecule has 0 aliphatic carbocycles. The summed E-state index contributed by atoms with van der Waals surface area (Å²) >= 11 is 0. The third-order valence-corrected chi connectivity index (χ3v) is 3.32. The van der Waals surface area contributed by atoms with Crippen molar-refractivity contribution in [3.8, 4) is 11.5 Å². The predicted molar refractivity (Wildman–Crippen MR) is 79.7 cm³/mol. The van der Waals surface area contributed by atoms with Crippen molar-refractivity contribution >= 4 is 11.8 Å². The Balaban J connectivity index is 2.07. The lowest BCUT2D eigenvalue weighted by molar-refractivity contribution is 0.0939. The van der Waals surface area contributed by atoms with Gasteiger partial charge in [-0.1, -0.05) is 31.3 Å². The summed E-state index contributed by atoms with van der Waals surface area (Å²) in [5.41, 5.74) is 6.27. The van der Waals surface area contributed by atoms with Crippen LogP contribution in [0.4, 0.5) is 5.88 Å². The molecule has 1 atom stereocenters. The van der Waals surface area contributed by atoms with Crippen molar-refractivity contribution in [2.75, 3.05) is 5.73 Å². The van der Waals surface area contributed by atoms with E-state index in [0.717, 1.165) is 25.7 Å². The minimum absolute atomic E-state index is 0.000316. The highest BCUT2D eigenvalue weighted by atomic mass is 16.5. The second-order valence-electron chi connectivity index (χ2n) is 5.12. The molecular formula is C15H21N3O3. The van der Waals surface area contributed by atoms with E-state index in [1.807, 2.05) is 6.92 Å². The molecule has 3 N–H and O–H groups in total. The summed E-state index contributed by atoms with van der Waals surface area (Å²) in [5.74, 6) is 0.169. The van der Waals surface area contributed by atoms with E-state index in [1.165, 1.54) is 6.26 Å². The number of nitrogens with one attached hydrogen (secondary N) is 1. The molecule has 6 heteroatoms. The highest BCUT2D eigenvalue weighted by Gasteiger charge is 2.24. The molecule has 6 nitrogen and oxygen atoms in total. The molecule has 0 saturated carbocycles. The van der Waals surface area contributed by atoms with Crippen LogP contribution in [0, 0.1) is 0 Å². The van der Waals surface area contributed by atoms with Crippen molar-refractivity contribution in [2.45, 2.75) is 45.6 Å². The lowest BCUT2D eigenvalue weighted by Crippen LogP contribution is -2.33. The smallest absolute Gasteiger partial charge is 0.259 e. The summed E-state index contributed by atoms with van der Waals surface area (Å²) in [6.07, 6.45) is 5.84. The molecular weight excluding hydrogens is 270 g/mol. The quantitative estimate of drug-likeness (QED) is 0.764. The summed E-state index contributed by atoms with van der Waals surface area (Å²) in [6.45, 7) is 4.13. The summed E-state index contributed by atoms with van der Waals surface area (Å²) in [7, 11) is 0. The molecule has 0 saturated heterocycles. The van der Waals surface area contributed by atoms with Gasteiger partial charge >= 0.3 is 0 Å². The summed E-state index contributed by atoms with van der Waals surface area (Å²) in [5, 5.41) is 6.73. The Bertz CT molecular complexity index is 575. The number of carbonyl (C=O) groups is 1. The first kappa shape index (κ1) is 15.2.